The summed E-state index contributed by atoms with van der Waals surface area (Å²) in [6, 6.07) is 0.184. The summed E-state index contributed by atoms with van der Waals surface area (Å²) in [5.74, 6) is 0.249. The van der Waals surface area contributed by atoms with E-state index in [0.717, 1.165) is 19.3 Å². The van der Waals surface area contributed by atoms with Gasteiger partial charge in [-0.1, -0.05) is 6.92 Å². The molecule has 4 N–H and O–H groups in total. The zero-order chi connectivity index (χ0) is 8.43. The number of nitrogens with two attached hydrogens (primary N) is 2. The SMILES string of the molecule is CC1CCC(N)CC1C(N)=O. The number of amides is 1. The molecule has 0 aliphatic heterocycles. The largest absolute Gasteiger partial charge is 0.369 e. The summed E-state index contributed by atoms with van der Waals surface area (Å²) in [4.78, 5) is 10.9. The molecule has 1 aliphatic rings. The molecule has 1 rings (SSSR count). The van der Waals surface area contributed by atoms with Crippen LogP contribution in [0.2, 0.25) is 0 Å². The first-order chi connectivity index (χ1) is 5.11. The molecule has 11 heavy (non-hydrogen) atoms. The highest BCUT2D eigenvalue weighted by Gasteiger charge is 2.29. The molecule has 0 bridgehead atoms. The average Bonchev–Trinajstić information content (AvgIpc) is 1.94. The van der Waals surface area contributed by atoms with Crippen molar-refractivity contribution in [2.24, 2.45) is 23.3 Å². The highest BCUT2D eigenvalue weighted by Crippen LogP contribution is 2.28. The van der Waals surface area contributed by atoms with Crippen LogP contribution in [0, 0.1) is 11.8 Å². The minimum atomic E-state index is -0.187. The van der Waals surface area contributed by atoms with E-state index < -0.39 is 0 Å². The molecule has 1 amide bonds. The van der Waals surface area contributed by atoms with Crippen molar-refractivity contribution in [3.8, 4) is 0 Å². The molecule has 0 spiro atoms. The molecule has 0 saturated heterocycles. The second-order valence-electron chi connectivity index (χ2n) is 3.56. The summed E-state index contributed by atoms with van der Waals surface area (Å²) in [6.07, 6.45) is 2.84. The zero-order valence-electron chi connectivity index (χ0n) is 6.92. The van der Waals surface area contributed by atoms with Gasteiger partial charge in [0.1, 0.15) is 0 Å². The normalized spacial score (nSPS) is 38.5. The first kappa shape index (κ1) is 8.53. The Labute approximate surface area is 67.1 Å². The van der Waals surface area contributed by atoms with Crippen LogP contribution >= 0.6 is 0 Å². The van der Waals surface area contributed by atoms with Gasteiger partial charge < -0.3 is 11.5 Å². The van der Waals surface area contributed by atoms with Crippen LogP contribution in [-0.2, 0) is 4.79 Å². The quantitative estimate of drug-likeness (QED) is 0.570. The van der Waals surface area contributed by atoms with Gasteiger partial charge in [0.25, 0.3) is 0 Å². The van der Waals surface area contributed by atoms with Crippen molar-refractivity contribution in [3.05, 3.63) is 0 Å². The standard InChI is InChI=1S/C8H16N2O/c1-5-2-3-6(9)4-7(5)8(10)11/h5-7H,2-4,9H2,1H3,(H2,10,11). The zero-order valence-corrected chi connectivity index (χ0v) is 6.92. The first-order valence-corrected chi connectivity index (χ1v) is 4.16. The van der Waals surface area contributed by atoms with Crippen molar-refractivity contribution in [1.29, 1.82) is 0 Å². The molecule has 0 radical (unpaired) electrons. The van der Waals surface area contributed by atoms with Crippen LogP contribution in [0.15, 0.2) is 0 Å². The maximum atomic E-state index is 10.9. The third kappa shape index (κ3) is 1.93. The second kappa shape index (κ2) is 3.22. The van der Waals surface area contributed by atoms with Gasteiger partial charge in [0.05, 0.1) is 0 Å². The Morgan fingerprint density at radius 3 is 2.55 bits per heavy atom. The van der Waals surface area contributed by atoms with Crippen molar-refractivity contribution >= 4 is 5.91 Å². The fraction of sp³-hybridized carbons (Fsp3) is 0.875. The average molecular weight is 156 g/mol. The number of hydrogen-bond acceptors (Lipinski definition) is 2. The van der Waals surface area contributed by atoms with Gasteiger partial charge in [0.15, 0.2) is 0 Å². The number of primary amides is 1. The van der Waals surface area contributed by atoms with E-state index in [-0.39, 0.29) is 17.9 Å². The van der Waals surface area contributed by atoms with Crippen LogP contribution in [0.5, 0.6) is 0 Å². The lowest BCUT2D eigenvalue weighted by Gasteiger charge is -2.30. The molecule has 3 atom stereocenters. The lowest BCUT2D eigenvalue weighted by molar-refractivity contribution is -0.124. The van der Waals surface area contributed by atoms with Gasteiger partial charge in [-0.15, -0.1) is 0 Å². The maximum absolute atomic E-state index is 10.9. The van der Waals surface area contributed by atoms with E-state index in [9.17, 15) is 4.79 Å². The van der Waals surface area contributed by atoms with Gasteiger partial charge in [0.2, 0.25) is 5.91 Å². The summed E-state index contributed by atoms with van der Waals surface area (Å²) in [6.45, 7) is 2.07. The Morgan fingerprint density at radius 2 is 2.09 bits per heavy atom. The maximum Gasteiger partial charge on any atom is 0.220 e. The van der Waals surface area contributed by atoms with Crippen LogP contribution in [0.1, 0.15) is 26.2 Å². The molecule has 3 nitrogen and oxygen atoms in total. The third-order valence-corrected chi connectivity index (χ3v) is 2.60. The van der Waals surface area contributed by atoms with Crippen LogP contribution in [0.25, 0.3) is 0 Å². The summed E-state index contributed by atoms with van der Waals surface area (Å²) in [7, 11) is 0. The molecule has 64 valence electrons. The Kier molecular flexibility index (Phi) is 2.49. The molecule has 1 aliphatic carbocycles. The molecule has 1 fully saturated rings. The topological polar surface area (TPSA) is 69.1 Å². The minimum Gasteiger partial charge on any atom is -0.369 e. The highest BCUT2D eigenvalue weighted by atomic mass is 16.1. The molecule has 1 saturated carbocycles. The molecule has 0 aromatic carbocycles. The van der Waals surface area contributed by atoms with Crippen molar-refractivity contribution in [2.45, 2.75) is 32.2 Å². The minimum absolute atomic E-state index is 0.0127. The molecule has 0 aromatic rings. The van der Waals surface area contributed by atoms with Gasteiger partial charge >= 0.3 is 0 Å². The van der Waals surface area contributed by atoms with Crippen molar-refractivity contribution < 1.29 is 4.79 Å². The van der Waals surface area contributed by atoms with Crippen LogP contribution in [0.3, 0.4) is 0 Å². The van der Waals surface area contributed by atoms with Gasteiger partial charge in [-0.3, -0.25) is 4.79 Å². The summed E-state index contributed by atoms with van der Waals surface area (Å²) in [5, 5.41) is 0. The molecule has 0 heterocycles. The van der Waals surface area contributed by atoms with Gasteiger partial charge in [-0.05, 0) is 25.2 Å². The number of carbonyl (C=O) groups is 1. The van der Waals surface area contributed by atoms with E-state index in [0.29, 0.717) is 5.92 Å². The highest BCUT2D eigenvalue weighted by molar-refractivity contribution is 5.77. The third-order valence-electron chi connectivity index (χ3n) is 2.60. The predicted molar refractivity (Wildman–Crippen MR) is 43.7 cm³/mol. The Hall–Kier alpha value is -0.570. The Bertz CT molecular complexity index is 158. The molecule has 3 heteroatoms. The predicted octanol–water partition coefficient (Wildman–Crippen LogP) is 0.235. The van der Waals surface area contributed by atoms with Gasteiger partial charge in [-0.25, -0.2) is 0 Å². The van der Waals surface area contributed by atoms with Crippen molar-refractivity contribution in [3.63, 3.8) is 0 Å². The summed E-state index contributed by atoms with van der Waals surface area (Å²) >= 11 is 0. The summed E-state index contributed by atoms with van der Waals surface area (Å²) in [5.41, 5.74) is 10.9. The van der Waals surface area contributed by atoms with Crippen LogP contribution in [-0.4, -0.2) is 11.9 Å². The van der Waals surface area contributed by atoms with Gasteiger partial charge in [-0.2, -0.15) is 0 Å². The fourth-order valence-corrected chi connectivity index (χ4v) is 1.75. The fourth-order valence-electron chi connectivity index (χ4n) is 1.75. The van der Waals surface area contributed by atoms with Crippen LogP contribution < -0.4 is 11.5 Å². The molecular weight excluding hydrogens is 140 g/mol. The lowest BCUT2D eigenvalue weighted by atomic mass is 9.78. The van der Waals surface area contributed by atoms with Gasteiger partial charge in [0, 0.05) is 12.0 Å². The molecule has 3 unspecified atom stereocenters. The second-order valence-corrected chi connectivity index (χ2v) is 3.56. The summed E-state index contributed by atoms with van der Waals surface area (Å²) < 4.78 is 0. The number of rotatable bonds is 1. The first-order valence-electron chi connectivity index (χ1n) is 4.16. The van der Waals surface area contributed by atoms with Crippen LogP contribution in [0.4, 0.5) is 0 Å². The smallest absolute Gasteiger partial charge is 0.220 e. The Balaban J connectivity index is 2.54. The monoisotopic (exact) mass is 156 g/mol. The number of hydrogen-bond donors (Lipinski definition) is 2. The van der Waals surface area contributed by atoms with E-state index in [2.05, 4.69) is 6.92 Å². The molecule has 0 aromatic heterocycles. The van der Waals surface area contributed by atoms with E-state index in [1.807, 2.05) is 0 Å². The lowest BCUT2D eigenvalue weighted by Crippen LogP contribution is -2.39. The van der Waals surface area contributed by atoms with E-state index in [1.54, 1.807) is 0 Å². The van der Waals surface area contributed by atoms with Crippen molar-refractivity contribution in [2.75, 3.05) is 0 Å². The molecular formula is C8H16N2O. The van der Waals surface area contributed by atoms with E-state index in [1.165, 1.54) is 0 Å². The van der Waals surface area contributed by atoms with E-state index >= 15 is 0 Å². The van der Waals surface area contributed by atoms with Crippen molar-refractivity contribution in [1.82, 2.24) is 0 Å². The van der Waals surface area contributed by atoms with E-state index in [4.69, 9.17) is 11.5 Å². The number of carbonyl (C=O) groups excluding carboxylic acids is 1. The Morgan fingerprint density at radius 1 is 1.45 bits per heavy atom.